The van der Waals surface area contributed by atoms with Crippen molar-refractivity contribution in [2.75, 3.05) is 6.61 Å². The van der Waals surface area contributed by atoms with Crippen molar-refractivity contribution in [1.82, 2.24) is 9.78 Å². The molecule has 1 aromatic heterocycles. The summed E-state index contributed by atoms with van der Waals surface area (Å²) in [6, 6.07) is -0.217. The van der Waals surface area contributed by atoms with Gasteiger partial charge in [-0.2, -0.15) is 5.10 Å². The third-order valence-corrected chi connectivity index (χ3v) is 4.47. The lowest BCUT2D eigenvalue weighted by atomic mass is 9.84. The summed E-state index contributed by atoms with van der Waals surface area (Å²) in [5.41, 5.74) is 7.13. The van der Waals surface area contributed by atoms with Gasteiger partial charge >= 0.3 is 0 Å². The van der Waals surface area contributed by atoms with Crippen LogP contribution in [0.4, 0.5) is 0 Å². The Morgan fingerprint density at radius 2 is 2.05 bits per heavy atom. The van der Waals surface area contributed by atoms with Crippen molar-refractivity contribution in [3.63, 3.8) is 0 Å². The second-order valence-corrected chi connectivity index (χ2v) is 5.80. The number of ether oxygens (including phenoxy) is 1. The molecule has 1 unspecified atom stereocenters. The molecule has 4 nitrogen and oxygen atoms in total. The van der Waals surface area contributed by atoms with Crippen LogP contribution in [-0.4, -0.2) is 22.0 Å². The van der Waals surface area contributed by atoms with Crippen LogP contribution in [0.2, 0.25) is 5.02 Å². The van der Waals surface area contributed by atoms with Gasteiger partial charge in [-0.05, 0) is 19.8 Å². The van der Waals surface area contributed by atoms with Gasteiger partial charge in [0.05, 0.1) is 28.6 Å². The van der Waals surface area contributed by atoms with Gasteiger partial charge in [0.2, 0.25) is 0 Å². The maximum absolute atomic E-state index is 6.54. The molecular weight excluding hydrogens is 262 g/mol. The number of aromatic nitrogens is 2. The zero-order valence-corrected chi connectivity index (χ0v) is 12.6. The maximum Gasteiger partial charge on any atom is 0.0889 e. The normalized spacial score (nSPS) is 21.1. The van der Waals surface area contributed by atoms with Crippen molar-refractivity contribution < 1.29 is 4.74 Å². The highest BCUT2D eigenvalue weighted by molar-refractivity contribution is 6.31. The van der Waals surface area contributed by atoms with Crippen molar-refractivity contribution in [1.29, 1.82) is 0 Å². The number of hydrogen-bond acceptors (Lipinski definition) is 3. The van der Waals surface area contributed by atoms with Gasteiger partial charge in [0, 0.05) is 13.7 Å². The molecule has 2 rings (SSSR count). The van der Waals surface area contributed by atoms with Gasteiger partial charge in [-0.25, -0.2) is 0 Å². The van der Waals surface area contributed by atoms with Crippen LogP contribution in [0.25, 0.3) is 0 Å². The summed E-state index contributed by atoms with van der Waals surface area (Å²) in [4.78, 5) is 0. The third kappa shape index (κ3) is 2.96. The Labute approximate surface area is 120 Å². The molecule has 0 saturated heterocycles. The molecule has 1 saturated carbocycles. The highest BCUT2D eigenvalue weighted by atomic mass is 35.5. The van der Waals surface area contributed by atoms with Crippen LogP contribution in [0, 0.1) is 0 Å². The van der Waals surface area contributed by atoms with Crippen molar-refractivity contribution >= 4 is 11.6 Å². The van der Waals surface area contributed by atoms with Gasteiger partial charge in [0.1, 0.15) is 0 Å². The summed E-state index contributed by atoms with van der Waals surface area (Å²) in [6.07, 6.45) is 8.54. The number of nitrogens with two attached hydrogens (primary N) is 1. The predicted molar refractivity (Wildman–Crippen MR) is 77.2 cm³/mol. The molecule has 0 amide bonds. The first-order valence-corrected chi connectivity index (χ1v) is 7.55. The standard InChI is InChI=1S/C14H24ClN3O/c1-3-19-14(8-6-4-5-7-9-14)13(16)12-11(15)10-17-18(12)2/h10,13H,3-9,16H2,1-2H3. The maximum atomic E-state index is 6.54. The Morgan fingerprint density at radius 3 is 2.53 bits per heavy atom. The Bertz CT molecular complexity index is 391. The molecule has 1 aliphatic rings. The highest BCUT2D eigenvalue weighted by Gasteiger charge is 2.40. The number of aryl methyl sites for hydroxylation is 1. The van der Waals surface area contributed by atoms with Gasteiger partial charge in [-0.1, -0.05) is 37.3 Å². The molecule has 1 heterocycles. The van der Waals surface area contributed by atoms with E-state index >= 15 is 0 Å². The largest absolute Gasteiger partial charge is 0.373 e. The molecule has 1 aromatic rings. The van der Waals surface area contributed by atoms with Gasteiger partial charge in [-0.3, -0.25) is 4.68 Å². The van der Waals surface area contributed by atoms with E-state index in [1.165, 1.54) is 25.7 Å². The van der Waals surface area contributed by atoms with E-state index in [2.05, 4.69) is 5.10 Å². The van der Waals surface area contributed by atoms with Gasteiger partial charge in [0.25, 0.3) is 0 Å². The van der Waals surface area contributed by atoms with E-state index in [1.807, 2.05) is 14.0 Å². The molecule has 1 atom stereocenters. The van der Waals surface area contributed by atoms with E-state index in [0.717, 1.165) is 18.5 Å². The topological polar surface area (TPSA) is 53.1 Å². The smallest absolute Gasteiger partial charge is 0.0889 e. The van der Waals surface area contributed by atoms with E-state index in [1.54, 1.807) is 10.9 Å². The first kappa shape index (κ1) is 14.8. The fourth-order valence-corrected chi connectivity index (χ4v) is 3.46. The van der Waals surface area contributed by atoms with Gasteiger partial charge in [-0.15, -0.1) is 0 Å². The van der Waals surface area contributed by atoms with Crippen molar-refractivity contribution in [2.45, 2.75) is 57.1 Å². The average Bonchev–Trinajstić information content (AvgIpc) is 2.61. The number of hydrogen-bond donors (Lipinski definition) is 1. The molecule has 1 fully saturated rings. The van der Waals surface area contributed by atoms with Crippen LogP contribution in [0.3, 0.4) is 0 Å². The summed E-state index contributed by atoms with van der Waals surface area (Å²) in [7, 11) is 1.89. The average molecular weight is 286 g/mol. The molecule has 0 aromatic carbocycles. The Balaban J connectivity index is 2.32. The first-order chi connectivity index (χ1) is 9.10. The Morgan fingerprint density at radius 1 is 1.42 bits per heavy atom. The van der Waals surface area contributed by atoms with Crippen LogP contribution in [0.15, 0.2) is 6.20 Å². The number of halogens is 1. The summed E-state index contributed by atoms with van der Waals surface area (Å²) >= 11 is 6.24. The first-order valence-electron chi connectivity index (χ1n) is 7.17. The molecule has 2 N–H and O–H groups in total. The van der Waals surface area contributed by atoms with Crippen LogP contribution < -0.4 is 5.73 Å². The van der Waals surface area contributed by atoms with Gasteiger partial charge < -0.3 is 10.5 Å². The highest BCUT2D eigenvalue weighted by Crippen LogP contribution is 2.40. The molecule has 0 radical (unpaired) electrons. The molecule has 0 bridgehead atoms. The van der Waals surface area contributed by atoms with E-state index in [9.17, 15) is 0 Å². The lowest BCUT2D eigenvalue weighted by Gasteiger charge is -2.38. The molecule has 1 aliphatic carbocycles. The minimum atomic E-state index is -0.289. The lowest BCUT2D eigenvalue weighted by molar-refractivity contribution is -0.0710. The number of nitrogens with zero attached hydrogens (tertiary/aromatic N) is 2. The second-order valence-electron chi connectivity index (χ2n) is 5.39. The SMILES string of the molecule is CCOC1(C(N)c2c(Cl)cnn2C)CCCCCC1. The van der Waals surface area contributed by atoms with Crippen molar-refractivity contribution in [2.24, 2.45) is 12.8 Å². The molecule has 19 heavy (non-hydrogen) atoms. The monoisotopic (exact) mass is 285 g/mol. The molecular formula is C14H24ClN3O. The van der Waals surface area contributed by atoms with Gasteiger partial charge in [0.15, 0.2) is 0 Å². The van der Waals surface area contributed by atoms with E-state index in [-0.39, 0.29) is 11.6 Å². The van der Waals surface area contributed by atoms with Crippen LogP contribution in [0.1, 0.15) is 57.2 Å². The molecule has 0 spiro atoms. The van der Waals surface area contributed by atoms with Crippen molar-refractivity contribution in [3.8, 4) is 0 Å². The van der Waals surface area contributed by atoms with Crippen LogP contribution in [0.5, 0.6) is 0 Å². The summed E-state index contributed by atoms with van der Waals surface area (Å²) < 4.78 is 7.90. The third-order valence-electron chi connectivity index (χ3n) is 4.18. The van der Waals surface area contributed by atoms with Crippen LogP contribution in [-0.2, 0) is 11.8 Å². The minimum Gasteiger partial charge on any atom is -0.373 e. The Kier molecular flexibility index (Phi) is 4.87. The number of rotatable bonds is 4. The summed E-state index contributed by atoms with van der Waals surface area (Å²) in [5, 5.41) is 4.83. The van der Waals surface area contributed by atoms with E-state index < -0.39 is 0 Å². The lowest BCUT2D eigenvalue weighted by Crippen LogP contribution is -2.44. The summed E-state index contributed by atoms with van der Waals surface area (Å²) in [6.45, 7) is 2.72. The van der Waals surface area contributed by atoms with Crippen LogP contribution >= 0.6 is 11.6 Å². The quantitative estimate of drug-likeness (QED) is 0.864. The predicted octanol–water partition coefficient (Wildman–Crippen LogP) is 3.20. The van der Waals surface area contributed by atoms with Crippen molar-refractivity contribution in [3.05, 3.63) is 16.9 Å². The Hall–Kier alpha value is -0.580. The zero-order chi connectivity index (χ0) is 13.9. The molecule has 0 aliphatic heterocycles. The second kappa shape index (κ2) is 6.25. The fraction of sp³-hybridized carbons (Fsp3) is 0.786. The molecule has 5 heteroatoms. The summed E-state index contributed by atoms with van der Waals surface area (Å²) in [5.74, 6) is 0. The fourth-order valence-electron chi connectivity index (χ4n) is 3.18. The van der Waals surface area contributed by atoms with E-state index in [4.69, 9.17) is 22.1 Å². The zero-order valence-electron chi connectivity index (χ0n) is 11.9. The minimum absolute atomic E-state index is 0.217. The van der Waals surface area contributed by atoms with E-state index in [0.29, 0.717) is 11.6 Å². The molecule has 108 valence electrons.